The summed E-state index contributed by atoms with van der Waals surface area (Å²) < 4.78 is 27.7. The van der Waals surface area contributed by atoms with Crippen LogP contribution in [-0.4, -0.2) is 32.4 Å². The molecule has 0 aliphatic heterocycles. The van der Waals surface area contributed by atoms with Gasteiger partial charge in [0.05, 0.1) is 28.1 Å². The Morgan fingerprint density at radius 2 is 1.69 bits per heavy atom. The van der Waals surface area contributed by atoms with Crippen molar-refractivity contribution in [1.29, 1.82) is 0 Å². The van der Waals surface area contributed by atoms with Crippen molar-refractivity contribution in [2.75, 3.05) is 7.11 Å². The second-order valence-corrected chi connectivity index (χ2v) is 9.71. The quantitative estimate of drug-likeness (QED) is 0.329. The molecule has 4 N–H and O–H groups in total. The van der Waals surface area contributed by atoms with Gasteiger partial charge in [-0.15, -0.1) is 0 Å². The number of esters is 1. The summed E-state index contributed by atoms with van der Waals surface area (Å²) in [5.74, 6) is -1.40. The smallest absolute Gasteiger partial charge is 0.354 e. The van der Waals surface area contributed by atoms with Crippen LogP contribution in [0.25, 0.3) is 22.0 Å². The van der Waals surface area contributed by atoms with Crippen LogP contribution in [0.15, 0.2) is 76.4 Å². The molecule has 184 valence electrons. The first kappa shape index (κ1) is 25.1. The number of aromatic amines is 1. The Hall–Kier alpha value is -3.99. The lowest BCUT2D eigenvalue weighted by Gasteiger charge is -2.13. The molecule has 0 fully saturated rings. The summed E-state index contributed by atoms with van der Waals surface area (Å²) in [6.07, 6.45) is 0. The highest BCUT2D eigenvalue weighted by atomic mass is 35.5. The highest BCUT2D eigenvalue weighted by Gasteiger charge is 2.22. The van der Waals surface area contributed by atoms with Gasteiger partial charge in [0.15, 0.2) is 5.43 Å². The minimum atomic E-state index is -3.91. The molecule has 1 heterocycles. The molecule has 36 heavy (non-hydrogen) atoms. The Balaban J connectivity index is 1.72. The SMILES string of the molecule is COC(=O)c1[nH]c2c(Cl)c(-c3ccccc3)ccc2c(=O)c1CNC(=O)c1ccc(S(N)(=O)=O)cc1. The molecule has 1 aromatic heterocycles. The third-order valence-electron chi connectivity index (χ3n) is 5.56. The number of pyridine rings is 1. The van der Waals surface area contributed by atoms with Crippen molar-refractivity contribution in [3.05, 3.63) is 98.8 Å². The molecule has 4 rings (SSSR count). The van der Waals surface area contributed by atoms with Crippen LogP contribution >= 0.6 is 11.6 Å². The molecule has 0 unspecified atom stereocenters. The second kappa shape index (κ2) is 9.94. The predicted octanol–water partition coefficient (Wildman–Crippen LogP) is 3.21. The van der Waals surface area contributed by atoms with Gasteiger partial charge in [-0.05, 0) is 35.9 Å². The van der Waals surface area contributed by atoms with E-state index in [1.807, 2.05) is 30.3 Å². The molecular formula is C25H20ClN3O6S. The van der Waals surface area contributed by atoms with Gasteiger partial charge in [-0.1, -0.05) is 48.0 Å². The molecule has 0 aliphatic carbocycles. The van der Waals surface area contributed by atoms with E-state index >= 15 is 0 Å². The molecule has 11 heteroatoms. The summed E-state index contributed by atoms with van der Waals surface area (Å²) in [7, 11) is -2.74. The zero-order valence-corrected chi connectivity index (χ0v) is 20.4. The van der Waals surface area contributed by atoms with Gasteiger partial charge in [0.25, 0.3) is 5.91 Å². The number of fused-ring (bicyclic) bond motifs is 1. The van der Waals surface area contributed by atoms with Crippen molar-refractivity contribution >= 4 is 44.4 Å². The molecule has 9 nitrogen and oxygen atoms in total. The van der Waals surface area contributed by atoms with Crippen LogP contribution in [0.4, 0.5) is 0 Å². The average Bonchev–Trinajstić information content (AvgIpc) is 2.88. The number of methoxy groups -OCH3 is 1. The number of aromatic nitrogens is 1. The van der Waals surface area contributed by atoms with Crippen molar-refractivity contribution in [2.24, 2.45) is 5.14 Å². The van der Waals surface area contributed by atoms with E-state index in [1.54, 1.807) is 12.1 Å². The number of H-pyrrole nitrogens is 1. The van der Waals surface area contributed by atoms with E-state index in [4.69, 9.17) is 21.5 Å². The van der Waals surface area contributed by atoms with Gasteiger partial charge in [-0.3, -0.25) is 9.59 Å². The van der Waals surface area contributed by atoms with Gasteiger partial charge in [-0.2, -0.15) is 0 Å². The topological polar surface area (TPSA) is 148 Å². The van der Waals surface area contributed by atoms with E-state index in [9.17, 15) is 22.8 Å². The fourth-order valence-corrected chi connectivity index (χ4v) is 4.55. The first-order chi connectivity index (χ1) is 17.1. The van der Waals surface area contributed by atoms with Crippen molar-refractivity contribution in [1.82, 2.24) is 10.3 Å². The average molecular weight is 526 g/mol. The number of primary sulfonamides is 1. The van der Waals surface area contributed by atoms with E-state index in [1.165, 1.54) is 31.4 Å². The van der Waals surface area contributed by atoms with Crippen LogP contribution in [0.2, 0.25) is 5.02 Å². The number of carbonyl (C=O) groups is 2. The first-order valence-corrected chi connectivity index (χ1v) is 12.5. The number of hydrogen-bond donors (Lipinski definition) is 3. The molecule has 0 saturated carbocycles. The summed E-state index contributed by atoms with van der Waals surface area (Å²) in [6.45, 7) is -0.302. The highest BCUT2D eigenvalue weighted by molar-refractivity contribution is 7.89. The summed E-state index contributed by atoms with van der Waals surface area (Å²) in [5.41, 5.74) is 1.22. The maximum Gasteiger partial charge on any atom is 0.354 e. The van der Waals surface area contributed by atoms with E-state index in [0.717, 1.165) is 5.56 Å². The minimum absolute atomic E-state index is 0.0209. The third kappa shape index (κ3) is 4.87. The first-order valence-electron chi connectivity index (χ1n) is 10.5. The number of rotatable bonds is 6. The second-order valence-electron chi connectivity index (χ2n) is 7.77. The van der Waals surface area contributed by atoms with Crippen LogP contribution in [0.3, 0.4) is 0 Å². The van der Waals surface area contributed by atoms with Crippen LogP contribution < -0.4 is 15.9 Å². The van der Waals surface area contributed by atoms with Crippen LogP contribution in [0, 0.1) is 0 Å². The fraction of sp³-hybridized carbons (Fsp3) is 0.0800. The number of sulfonamides is 1. The lowest BCUT2D eigenvalue weighted by molar-refractivity contribution is 0.0592. The van der Waals surface area contributed by atoms with Crippen molar-refractivity contribution in [3.8, 4) is 11.1 Å². The van der Waals surface area contributed by atoms with E-state index in [-0.39, 0.29) is 44.2 Å². The predicted molar refractivity (Wildman–Crippen MR) is 135 cm³/mol. The lowest BCUT2D eigenvalue weighted by Crippen LogP contribution is -2.29. The molecule has 0 radical (unpaired) electrons. The van der Waals surface area contributed by atoms with Crippen LogP contribution in [-0.2, 0) is 21.3 Å². The molecule has 1 amide bonds. The lowest BCUT2D eigenvalue weighted by atomic mass is 10.0. The number of nitrogens with two attached hydrogens (primary N) is 1. The summed E-state index contributed by atoms with van der Waals surface area (Å²) in [5, 5.41) is 8.13. The van der Waals surface area contributed by atoms with Crippen LogP contribution in [0.1, 0.15) is 26.4 Å². The monoisotopic (exact) mass is 525 g/mol. The molecule has 3 aromatic carbocycles. The maximum absolute atomic E-state index is 13.4. The number of benzene rings is 3. The van der Waals surface area contributed by atoms with Crippen LogP contribution in [0.5, 0.6) is 0 Å². The Morgan fingerprint density at radius 1 is 1.03 bits per heavy atom. The molecular weight excluding hydrogens is 506 g/mol. The van der Waals surface area contributed by atoms with Gasteiger partial charge < -0.3 is 15.0 Å². The van der Waals surface area contributed by atoms with Gasteiger partial charge in [0, 0.05) is 23.1 Å². The molecule has 4 aromatic rings. The van der Waals surface area contributed by atoms with Crippen molar-refractivity contribution < 1.29 is 22.7 Å². The van der Waals surface area contributed by atoms with Crippen molar-refractivity contribution in [3.63, 3.8) is 0 Å². The normalized spacial score (nSPS) is 11.3. The Morgan fingerprint density at radius 3 is 2.31 bits per heavy atom. The number of carbonyl (C=O) groups excluding carboxylic acids is 2. The number of ether oxygens (including phenoxy) is 1. The van der Waals surface area contributed by atoms with E-state index < -0.39 is 27.3 Å². The largest absolute Gasteiger partial charge is 0.464 e. The van der Waals surface area contributed by atoms with E-state index in [2.05, 4.69) is 10.3 Å². The maximum atomic E-state index is 13.4. The zero-order valence-electron chi connectivity index (χ0n) is 18.9. The molecule has 0 atom stereocenters. The van der Waals surface area contributed by atoms with Gasteiger partial charge >= 0.3 is 5.97 Å². The highest BCUT2D eigenvalue weighted by Crippen LogP contribution is 2.33. The summed E-state index contributed by atoms with van der Waals surface area (Å²) in [6, 6.07) is 17.6. The molecule has 0 aliphatic rings. The molecule has 0 spiro atoms. The van der Waals surface area contributed by atoms with E-state index in [0.29, 0.717) is 5.56 Å². The molecule has 0 saturated heterocycles. The fourth-order valence-electron chi connectivity index (χ4n) is 3.72. The Bertz CT molecular complexity index is 1650. The van der Waals surface area contributed by atoms with Gasteiger partial charge in [-0.25, -0.2) is 18.4 Å². The third-order valence-corrected chi connectivity index (χ3v) is 6.88. The standard InChI is InChI=1S/C25H20ClN3O6S/c1-35-25(32)22-19(13-28-24(31)15-7-9-16(10-8-15)36(27,33)34)23(30)18-12-11-17(20(26)21(18)29-22)14-5-3-2-4-6-14/h2-12H,13H2,1H3,(H,28,31)(H,29,30)(H2,27,33,34). The summed E-state index contributed by atoms with van der Waals surface area (Å²) in [4.78, 5) is 41.3. The summed E-state index contributed by atoms with van der Waals surface area (Å²) >= 11 is 6.63. The zero-order chi connectivity index (χ0) is 26.0. The minimum Gasteiger partial charge on any atom is -0.464 e. The number of amides is 1. The Labute approximate surface area is 210 Å². The number of halogens is 1. The molecule has 0 bridgehead atoms. The van der Waals surface area contributed by atoms with Crippen molar-refractivity contribution in [2.45, 2.75) is 11.4 Å². The van der Waals surface area contributed by atoms with Gasteiger partial charge in [0.1, 0.15) is 5.69 Å². The number of hydrogen-bond acceptors (Lipinski definition) is 6. The number of nitrogens with one attached hydrogen (secondary N) is 2. The Kier molecular flexibility index (Phi) is 6.93. The van der Waals surface area contributed by atoms with Gasteiger partial charge in [0.2, 0.25) is 10.0 Å².